The first kappa shape index (κ1) is 12.5. The van der Waals surface area contributed by atoms with Crippen LogP contribution in [0.25, 0.3) is 0 Å². The van der Waals surface area contributed by atoms with Crippen molar-refractivity contribution in [2.75, 3.05) is 6.07 Å². The maximum atomic E-state index is 11.5. The Bertz CT molecular complexity index is 222. The third kappa shape index (κ3) is 5.17. The summed E-state index contributed by atoms with van der Waals surface area (Å²) >= 11 is 5.22. The van der Waals surface area contributed by atoms with Crippen molar-refractivity contribution in [3.63, 3.8) is 0 Å². The Hall–Kier alpha value is -0.570. The molecular formula is C11H17ClO3. The van der Waals surface area contributed by atoms with Gasteiger partial charge < -0.3 is 4.74 Å². The van der Waals surface area contributed by atoms with E-state index in [1.807, 2.05) is 0 Å². The van der Waals surface area contributed by atoms with Crippen molar-refractivity contribution in [1.29, 1.82) is 0 Å². The molecule has 1 aliphatic carbocycles. The highest BCUT2D eigenvalue weighted by molar-refractivity contribution is 6.17. The van der Waals surface area contributed by atoms with Gasteiger partial charge in [-0.2, -0.15) is 0 Å². The molecule has 0 aromatic rings. The van der Waals surface area contributed by atoms with Gasteiger partial charge in [0.15, 0.2) is 6.07 Å². The predicted octanol–water partition coefficient (Wildman–Crippen LogP) is 2.66. The Kier molecular flexibility index (Phi) is 5.69. The van der Waals surface area contributed by atoms with E-state index in [2.05, 4.69) is 4.74 Å². The molecule has 0 heterocycles. The van der Waals surface area contributed by atoms with Gasteiger partial charge in [-0.25, -0.2) is 0 Å². The number of alkyl halides is 1. The summed E-state index contributed by atoms with van der Waals surface area (Å²) in [5.74, 6) is -0.0436. The molecule has 1 saturated carbocycles. The van der Waals surface area contributed by atoms with Gasteiger partial charge in [-0.1, -0.05) is 43.7 Å². The Morgan fingerprint density at radius 1 is 1.20 bits per heavy atom. The molecule has 3 nitrogen and oxygen atoms in total. The summed E-state index contributed by atoms with van der Waals surface area (Å²) in [4.78, 5) is 22.4. The average molecular weight is 233 g/mol. The SMILES string of the molecule is O=C(CC(=O)OCCl)CC1CCCCC1. The summed E-state index contributed by atoms with van der Waals surface area (Å²) in [5, 5.41) is 0. The largest absolute Gasteiger partial charge is 0.449 e. The second-order valence-electron chi connectivity index (χ2n) is 4.05. The van der Waals surface area contributed by atoms with Crippen LogP contribution in [-0.4, -0.2) is 17.8 Å². The van der Waals surface area contributed by atoms with Gasteiger partial charge in [0.05, 0.1) is 0 Å². The number of carbonyl (C=O) groups excluding carboxylic acids is 2. The van der Waals surface area contributed by atoms with Gasteiger partial charge in [0.25, 0.3) is 0 Å². The Labute approximate surface area is 95.1 Å². The lowest BCUT2D eigenvalue weighted by Crippen LogP contribution is -2.16. The number of hydrogen-bond acceptors (Lipinski definition) is 3. The molecule has 0 spiro atoms. The number of halogens is 1. The molecule has 0 bridgehead atoms. The highest BCUT2D eigenvalue weighted by Crippen LogP contribution is 2.26. The number of ether oxygens (including phenoxy) is 1. The lowest BCUT2D eigenvalue weighted by Gasteiger charge is -2.20. The quantitative estimate of drug-likeness (QED) is 0.416. The molecule has 86 valence electrons. The van der Waals surface area contributed by atoms with Crippen molar-refractivity contribution in [3.8, 4) is 0 Å². The van der Waals surface area contributed by atoms with Crippen LogP contribution in [0.15, 0.2) is 0 Å². The fourth-order valence-electron chi connectivity index (χ4n) is 2.06. The van der Waals surface area contributed by atoms with E-state index in [0.717, 1.165) is 12.8 Å². The summed E-state index contributed by atoms with van der Waals surface area (Å²) in [5.41, 5.74) is 0. The zero-order valence-corrected chi connectivity index (χ0v) is 9.59. The summed E-state index contributed by atoms with van der Waals surface area (Å²) in [6.45, 7) is 0. The van der Waals surface area contributed by atoms with Crippen molar-refractivity contribution in [2.24, 2.45) is 5.92 Å². The maximum absolute atomic E-state index is 11.5. The van der Waals surface area contributed by atoms with Crippen molar-refractivity contribution in [3.05, 3.63) is 0 Å². The molecule has 0 amide bonds. The van der Waals surface area contributed by atoms with Gasteiger partial charge in [0.1, 0.15) is 12.2 Å². The minimum Gasteiger partial charge on any atom is -0.449 e. The van der Waals surface area contributed by atoms with Crippen molar-refractivity contribution < 1.29 is 14.3 Å². The average Bonchev–Trinajstić information content (AvgIpc) is 2.19. The smallest absolute Gasteiger partial charge is 0.314 e. The van der Waals surface area contributed by atoms with Crippen LogP contribution in [0.2, 0.25) is 0 Å². The molecule has 0 N–H and O–H groups in total. The third-order valence-electron chi connectivity index (χ3n) is 2.80. The van der Waals surface area contributed by atoms with Gasteiger partial charge in [-0.15, -0.1) is 0 Å². The van der Waals surface area contributed by atoms with E-state index in [4.69, 9.17) is 11.6 Å². The monoisotopic (exact) mass is 232 g/mol. The van der Waals surface area contributed by atoms with Gasteiger partial charge in [0.2, 0.25) is 0 Å². The van der Waals surface area contributed by atoms with Gasteiger partial charge in [-0.05, 0) is 5.92 Å². The molecule has 15 heavy (non-hydrogen) atoms. The minimum absolute atomic E-state index is 0.0167. The Balaban J connectivity index is 2.19. The van der Waals surface area contributed by atoms with Gasteiger partial charge >= 0.3 is 5.97 Å². The molecule has 0 saturated heterocycles. The molecule has 0 atom stereocenters. The summed E-state index contributed by atoms with van der Waals surface area (Å²) in [6.07, 6.45) is 6.35. The molecule has 0 aromatic carbocycles. The third-order valence-corrected chi connectivity index (χ3v) is 2.91. The zero-order chi connectivity index (χ0) is 11.1. The van der Waals surface area contributed by atoms with E-state index in [-0.39, 0.29) is 18.3 Å². The molecule has 0 aromatic heterocycles. The van der Waals surface area contributed by atoms with E-state index in [9.17, 15) is 9.59 Å². The molecule has 1 fully saturated rings. The van der Waals surface area contributed by atoms with Crippen LogP contribution in [0.1, 0.15) is 44.9 Å². The van der Waals surface area contributed by atoms with Crippen LogP contribution in [0.4, 0.5) is 0 Å². The number of rotatable bonds is 5. The molecule has 1 aliphatic rings. The van der Waals surface area contributed by atoms with Crippen LogP contribution in [0.3, 0.4) is 0 Å². The molecule has 4 heteroatoms. The number of carbonyl (C=O) groups is 2. The molecular weight excluding hydrogens is 216 g/mol. The first-order valence-corrected chi connectivity index (χ1v) is 5.99. The molecule has 0 unspecified atom stereocenters. The number of ketones is 1. The van der Waals surface area contributed by atoms with Crippen molar-refractivity contribution >= 4 is 23.4 Å². The lowest BCUT2D eigenvalue weighted by atomic mass is 9.85. The van der Waals surface area contributed by atoms with Crippen molar-refractivity contribution in [2.45, 2.75) is 44.9 Å². The van der Waals surface area contributed by atoms with E-state index >= 15 is 0 Å². The summed E-state index contributed by atoms with van der Waals surface area (Å²) in [6, 6.07) is -0.171. The van der Waals surface area contributed by atoms with Crippen LogP contribution < -0.4 is 0 Å². The number of Topliss-reactive ketones (excluding diaryl/α,β-unsaturated/α-hetero) is 1. The Morgan fingerprint density at radius 2 is 1.87 bits per heavy atom. The maximum Gasteiger partial charge on any atom is 0.314 e. The van der Waals surface area contributed by atoms with Crippen LogP contribution in [-0.2, 0) is 14.3 Å². The first-order chi connectivity index (χ1) is 7.22. The van der Waals surface area contributed by atoms with Crippen LogP contribution in [0, 0.1) is 5.92 Å². The number of hydrogen-bond donors (Lipinski definition) is 0. The normalized spacial score (nSPS) is 17.4. The van der Waals surface area contributed by atoms with Gasteiger partial charge in [0, 0.05) is 6.42 Å². The molecule has 0 radical (unpaired) electrons. The fourth-order valence-corrected chi connectivity index (χ4v) is 2.18. The van der Waals surface area contributed by atoms with E-state index in [1.165, 1.54) is 19.3 Å². The summed E-state index contributed by atoms with van der Waals surface area (Å²) < 4.78 is 4.51. The molecule has 1 rings (SSSR count). The van der Waals surface area contributed by atoms with E-state index in [1.54, 1.807) is 0 Å². The topological polar surface area (TPSA) is 43.4 Å². The van der Waals surface area contributed by atoms with E-state index < -0.39 is 5.97 Å². The van der Waals surface area contributed by atoms with E-state index in [0.29, 0.717) is 12.3 Å². The summed E-state index contributed by atoms with van der Waals surface area (Å²) in [7, 11) is 0. The second-order valence-corrected chi connectivity index (χ2v) is 4.27. The number of esters is 1. The Morgan fingerprint density at radius 3 is 2.47 bits per heavy atom. The second kappa shape index (κ2) is 6.83. The fraction of sp³-hybridized carbons (Fsp3) is 0.818. The van der Waals surface area contributed by atoms with Crippen LogP contribution >= 0.6 is 11.6 Å². The molecule has 0 aliphatic heterocycles. The standard InChI is InChI=1S/C11H17ClO3/c12-8-15-11(14)7-10(13)6-9-4-2-1-3-5-9/h9H,1-8H2. The van der Waals surface area contributed by atoms with Crippen molar-refractivity contribution in [1.82, 2.24) is 0 Å². The zero-order valence-electron chi connectivity index (χ0n) is 8.84. The minimum atomic E-state index is -0.509. The van der Waals surface area contributed by atoms with Crippen LogP contribution in [0.5, 0.6) is 0 Å². The lowest BCUT2D eigenvalue weighted by molar-refractivity contribution is -0.144. The highest BCUT2D eigenvalue weighted by atomic mass is 35.5. The highest BCUT2D eigenvalue weighted by Gasteiger charge is 2.19. The first-order valence-electron chi connectivity index (χ1n) is 5.45. The predicted molar refractivity (Wildman–Crippen MR) is 57.6 cm³/mol. The van der Waals surface area contributed by atoms with Gasteiger partial charge in [-0.3, -0.25) is 9.59 Å².